The first-order valence-electron chi connectivity index (χ1n) is 6.01. The third-order valence-corrected chi connectivity index (χ3v) is 4.59. The molecule has 1 heterocycles. The van der Waals surface area contributed by atoms with Crippen LogP contribution in [0.1, 0.15) is 10.5 Å². The lowest BCUT2D eigenvalue weighted by atomic mass is 10.3. The highest BCUT2D eigenvalue weighted by Gasteiger charge is 2.31. The van der Waals surface area contributed by atoms with Gasteiger partial charge in [0.1, 0.15) is 0 Å². The predicted molar refractivity (Wildman–Crippen MR) is 76.2 cm³/mol. The first kappa shape index (κ1) is 15.4. The molecular weight excluding hydrogens is 295 g/mol. The average molecular weight is 310 g/mol. The Kier molecular flexibility index (Phi) is 4.57. The Morgan fingerprint density at radius 3 is 2.29 bits per heavy atom. The van der Waals surface area contributed by atoms with E-state index in [2.05, 4.69) is 5.10 Å². The third-order valence-electron chi connectivity index (χ3n) is 2.85. The van der Waals surface area contributed by atoms with Gasteiger partial charge in [0.25, 0.3) is 0 Å². The molecule has 0 unspecified atom stereocenters. The van der Waals surface area contributed by atoms with Gasteiger partial charge in [0.05, 0.1) is 12.8 Å². The van der Waals surface area contributed by atoms with Crippen LogP contribution in [0, 0.1) is 0 Å². The SMILES string of the molecule is COC(=O)c1cc(P(=O)(OC)OC)nn1-c1ccccc1. The third kappa shape index (κ3) is 2.90. The van der Waals surface area contributed by atoms with Crippen LogP contribution in [0.2, 0.25) is 0 Å². The summed E-state index contributed by atoms with van der Waals surface area (Å²) in [5.41, 5.74) is 0.799. The molecule has 112 valence electrons. The van der Waals surface area contributed by atoms with Crippen LogP contribution in [0.3, 0.4) is 0 Å². The van der Waals surface area contributed by atoms with Gasteiger partial charge in [0.15, 0.2) is 11.1 Å². The molecule has 0 aliphatic carbocycles. The number of esters is 1. The molecule has 0 spiro atoms. The van der Waals surface area contributed by atoms with E-state index in [0.717, 1.165) is 0 Å². The van der Waals surface area contributed by atoms with Crippen LogP contribution >= 0.6 is 7.60 Å². The monoisotopic (exact) mass is 310 g/mol. The van der Waals surface area contributed by atoms with Gasteiger partial charge in [-0.1, -0.05) is 18.2 Å². The lowest BCUT2D eigenvalue weighted by molar-refractivity contribution is 0.0590. The van der Waals surface area contributed by atoms with Crippen LogP contribution in [0.5, 0.6) is 0 Å². The fraction of sp³-hybridized carbons (Fsp3) is 0.231. The van der Waals surface area contributed by atoms with Crippen molar-refractivity contribution in [1.29, 1.82) is 0 Å². The van der Waals surface area contributed by atoms with Crippen molar-refractivity contribution in [3.05, 3.63) is 42.1 Å². The zero-order valence-corrected chi connectivity index (χ0v) is 12.7. The second-order valence-corrected chi connectivity index (χ2v) is 6.17. The minimum Gasteiger partial charge on any atom is -0.464 e. The Balaban J connectivity index is 2.61. The topological polar surface area (TPSA) is 79.7 Å². The number of methoxy groups -OCH3 is 1. The summed E-state index contributed by atoms with van der Waals surface area (Å²) in [6.45, 7) is 0. The summed E-state index contributed by atoms with van der Waals surface area (Å²) in [6.07, 6.45) is 0. The van der Waals surface area contributed by atoms with Gasteiger partial charge >= 0.3 is 13.6 Å². The molecule has 0 aliphatic rings. The van der Waals surface area contributed by atoms with Crippen molar-refractivity contribution < 1.29 is 23.1 Å². The van der Waals surface area contributed by atoms with Crippen LogP contribution in [-0.4, -0.2) is 37.1 Å². The van der Waals surface area contributed by atoms with E-state index in [1.165, 1.54) is 32.1 Å². The summed E-state index contributed by atoms with van der Waals surface area (Å²) in [4.78, 5) is 11.9. The van der Waals surface area contributed by atoms with Gasteiger partial charge in [-0.15, -0.1) is 0 Å². The van der Waals surface area contributed by atoms with E-state index in [0.29, 0.717) is 5.69 Å². The van der Waals surface area contributed by atoms with Crippen LogP contribution in [0.15, 0.2) is 36.4 Å². The van der Waals surface area contributed by atoms with Crippen LogP contribution < -0.4 is 5.44 Å². The number of hydrogen-bond acceptors (Lipinski definition) is 6. The van der Waals surface area contributed by atoms with E-state index in [1.54, 1.807) is 24.3 Å². The highest BCUT2D eigenvalue weighted by molar-refractivity contribution is 7.61. The van der Waals surface area contributed by atoms with Gasteiger partial charge in [0, 0.05) is 20.3 Å². The van der Waals surface area contributed by atoms with Crippen molar-refractivity contribution in [2.45, 2.75) is 0 Å². The Hall–Kier alpha value is -1.95. The summed E-state index contributed by atoms with van der Waals surface area (Å²) in [6, 6.07) is 10.3. The molecule has 0 fully saturated rings. The molecule has 0 amide bonds. The van der Waals surface area contributed by atoms with Crippen molar-refractivity contribution in [2.24, 2.45) is 0 Å². The molecule has 0 aliphatic heterocycles. The van der Waals surface area contributed by atoms with Crippen molar-refractivity contribution in [3.8, 4) is 5.69 Å². The van der Waals surface area contributed by atoms with E-state index in [-0.39, 0.29) is 11.1 Å². The Bertz CT molecular complexity index is 675. The minimum absolute atomic E-state index is 0.0387. The van der Waals surface area contributed by atoms with Gasteiger partial charge in [-0.25, -0.2) is 9.48 Å². The molecule has 2 aromatic rings. The van der Waals surface area contributed by atoms with E-state index in [9.17, 15) is 9.36 Å². The van der Waals surface area contributed by atoms with Gasteiger partial charge < -0.3 is 13.8 Å². The number of hydrogen-bond donors (Lipinski definition) is 0. The van der Waals surface area contributed by atoms with Crippen molar-refractivity contribution in [2.75, 3.05) is 21.3 Å². The van der Waals surface area contributed by atoms with Crippen LogP contribution in [-0.2, 0) is 18.3 Å². The van der Waals surface area contributed by atoms with Crippen LogP contribution in [0.25, 0.3) is 5.69 Å². The number of para-hydroxylation sites is 1. The number of aromatic nitrogens is 2. The quantitative estimate of drug-likeness (QED) is 0.618. The highest BCUT2D eigenvalue weighted by Crippen LogP contribution is 2.44. The summed E-state index contributed by atoms with van der Waals surface area (Å²) < 4.78 is 28.2. The standard InChI is InChI=1S/C13H15N2O5P/c1-18-13(16)11-9-12(21(17,19-2)20-3)14-15(11)10-7-5-4-6-8-10/h4-9H,1-3H3. The van der Waals surface area contributed by atoms with Crippen LogP contribution in [0.4, 0.5) is 0 Å². The smallest absolute Gasteiger partial charge is 0.380 e. The second kappa shape index (κ2) is 6.22. The lowest BCUT2D eigenvalue weighted by Crippen LogP contribution is -2.12. The Morgan fingerprint density at radius 2 is 1.76 bits per heavy atom. The van der Waals surface area contributed by atoms with Crippen molar-refractivity contribution in [3.63, 3.8) is 0 Å². The second-order valence-electron chi connectivity index (χ2n) is 3.99. The van der Waals surface area contributed by atoms with Gasteiger partial charge in [-0.05, 0) is 12.1 Å². The number of benzene rings is 1. The average Bonchev–Trinajstić information content (AvgIpc) is 3.00. The predicted octanol–water partition coefficient (Wildman–Crippen LogP) is 1.77. The molecule has 7 nitrogen and oxygen atoms in total. The first-order chi connectivity index (χ1) is 10.1. The summed E-state index contributed by atoms with van der Waals surface area (Å²) >= 11 is 0. The highest BCUT2D eigenvalue weighted by atomic mass is 31.2. The van der Waals surface area contributed by atoms with Gasteiger partial charge in [-0.2, -0.15) is 5.10 Å². The van der Waals surface area contributed by atoms with Crippen molar-refractivity contribution >= 4 is 19.0 Å². The largest absolute Gasteiger partial charge is 0.464 e. The molecule has 1 aromatic carbocycles. The molecule has 0 bridgehead atoms. The summed E-state index contributed by atoms with van der Waals surface area (Å²) in [7, 11) is 0.218. The number of carbonyl (C=O) groups is 1. The zero-order chi connectivity index (χ0) is 15.5. The van der Waals surface area contributed by atoms with E-state index >= 15 is 0 Å². The summed E-state index contributed by atoms with van der Waals surface area (Å²) in [5.74, 6) is -0.601. The van der Waals surface area contributed by atoms with E-state index < -0.39 is 13.6 Å². The fourth-order valence-corrected chi connectivity index (χ4v) is 2.78. The summed E-state index contributed by atoms with van der Waals surface area (Å²) in [5, 5.41) is 4.17. The molecule has 0 saturated carbocycles. The molecule has 21 heavy (non-hydrogen) atoms. The normalized spacial score (nSPS) is 11.4. The molecule has 0 N–H and O–H groups in total. The molecule has 2 rings (SSSR count). The minimum atomic E-state index is -3.55. The number of ether oxygens (including phenoxy) is 1. The molecule has 8 heteroatoms. The number of rotatable bonds is 5. The maximum absolute atomic E-state index is 12.4. The number of carbonyl (C=O) groups excluding carboxylic acids is 1. The Morgan fingerprint density at radius 1 is 1.14 bits per heavy atom. The van der Waals surface area contributed by atoms with Gasteiger partial charge in [-0.3, -0.25) is 4.57 Å². The molecule has 0 atom stereocenters. The fourth-order valence-electron chi connectivity index (χ4n) is 1.78. The Labute approximate surface area is 122 Å². The molecule has 0 radical (unpaired) electrons. The zero-order valence-electron chi connectivity index (χ0n) is 11.8. The first-order valence-corrected chi connectivity index (χ1v) is 7.56. The molecular formula is C13H15N2O5P. The maximum atomic E-state index is 12.4. The maximum Gasteiger partial charge on any atom is 0.380 e. The lowest BCUT2D eigenvalue weighted by Gasteiger charge is -2.09. The molecule has 0 saturated heterocycles. The van der Waals surface area contributed by atoms with Gasteiger partial charge in [0.2, 0.25) is 0 Å². The number of nitrogens with zero attached hydrogens (tertiary/aromatic N) is 2. The molecule has 1 aromatic heterocycles. The van der Waals surface area contributed by atoms with Crippen molar-refractivity contribution in [1.82, 2.24) is 9.78 Å². The van der Waals surface area contributed by atoms with E-state index in [4.69, 9.17) is 13.8 Å². The van der Waals surface area contributed by atoms with E-state index in [1.807, 2.05) is 6.07 Å².